The Morgan fingerprint density at radius 3 is 2.00 bits per heavy atom. The summed E-state index contributed by atoms with van der Waals surface area (Å²) < 4.78 is 4.75. The van der Waals surface area contributed by atoms with Crippen molar-refractivity contribution in [3.05, 3.63) is 11.2 Å². The zero-order valence-corrected chi connectivity index (χ0v) is 10.3. The molecule has 1 unspecified atom stereocenters. The standard InChI is InChI=1S/C8H19ClN2Si/c1-5-11(6-2)12(8-7-9)10(3)4/h7-8,12H,5-6H2,1-4H3. The Balaban J connectivity index is 4.25. The van der Waals surface area contributed by atoms with Gasteiger partial charge in [0.2, 0.25) is 9.12 Å². The van der Waals surface area contributed by atoms with Crippen molar-refractivity contribution in [3.63, 3.8) is 0 Å². The van der Waals surface area contributed by atoms with E-state index < -0.39 is 9.12 Å². The van der Waals surface area contributed by atoms with E-state index in [1.807, 2.05) is 0 Å². The third-order valence-corrected chi connectivity index (χ3v) is 5.42. The molecule has 4 heteroatoms. The van der Waals surface area contributed by atoms with Crippen LogP contribution in [-0.2, 0) is 0 Å². The summed E-state index contributed by atoms with van der Waals surface area (Å²) in [5, 5.41) is 0. The normalized spacial score (nSPS) is 14.9. The molecule has 0 heterocycles. The van der Waals surface area contributed by atoms with Gasteiger partial charge in [0.15, 0.2) is 0 Å². The molecule has 0 spiro atoms. The molecule has 0 saturated heterocycles. The third-order valence-electron chi connectivity index (χ3n) is 1.96. The Hall–Kier alpha value is 0.167. The first kappa shape index (κ1) is 12.2. The van der Waals surface area contributed by atoms with Gasteiger partial charge in [-0.3, -0.25) is 0 Å². The van der Waals surface area contributed by atoms with E-state index in [9.17, 15) is 0 Å². The predicted octanol–water partition coefficient (Wildman–Crippen LogP) is 1.40. The summed E-state index contributed by atoms with van der Waals surface area (Å²) >= 11 is 5.60. The van der Waals surface area contributed by atoms with Crippen molar-refractivity contribution >= 4 is 20.7 Å². The van der Waals surface area contributed by atoms with E-state index in [1.165, 1.54) is 0 Å². The third kappa shape index (κ3) is 3.71. The highest BCUT2D eigenvalue weighted by Crippen LogP contribution is 1.99. The summed E-state index contributed by atoms with van der Waals surface area (Å²) in [7, 11) is 3.17. The lowest BCUT2D eigenvalue weighted by Gasteiger charge is -2.30. The van der Waals surface area contributed by atoms with E-state index in [1.54, 1.807) is 5.54 Å². The molecule has 0 fully saturated rings. The number of hydrogen-bond acceptors (Lipinski definition) is 2. The molecule has 0 aromatic heterocycles. The van der Waals surface area contributed by atoms with Crippen molar-refractivity contribution in [1.29, 1.82) is 0 Å². The van der Waals surface area contributed by atoms with Gasteiger partial charge in [0, 0.05) is 0 Å². The van der Waals surface area contributed by atoms with Crippen LogP contribution >= 0.6 is 11.6 Å². The van der Waals surface area contributed by atoms with Crippen LogP contribution in [0, 0.1) is 0 Å². The van der Waals surface area contributed by atoms with Crippen molar-refractivity contribution in [1.82, 2.24) is 9.13 Å². The van der Waals surface area contributed by atoms with E-state index in [0.717, 1.165) is 13.1 Å². The average molecular weight is 207 g/mol. The molecule has 0 N–H and O–H groups in total. The Morgan fingerprint density at radius 2 is 1.75 bits per heavy atom. The van der Waals surface area contributed by atoms with Gasteiger partial charge >= 0.3 is 0 Å². The molecule has 0 rings (SSSR count). The Morgan fingerprint density at radius 1 is 1.25 bits per heavy atom. The monoisotopic (exact) mass is 206 g/mol. The first-order valence-electron chi connectivity index (χ1n) is 4.34. The molecule has 0 aromatic rings. The second-order valence-corrected chi connectivity index (χ2v) is 6.14. The van der Waals surface area contributed by atoms with Gasteiger partial charge in [-0.2, -0.15) is 0 Å². The van der Waals surface area contributed by atoms with Crippen LogP contribution < -0.4 is 0 Å². The van der Waals surface area contributed by atoms with Crippen LogP contribution in [0.5, 0.6) is 0 Å². The maximum atomic E-state index is 5.60. The van der Waals surface area contributed by atoms with Crippen LogP contribution in [0.15, 0.2) is 11.2 Å². The molecule has 72 valence electrons. The lowest BCUT2D eigenvalue weighted by atomic mass is 10.7. The number of halogens is 1. The van der Waals surface area contributed by atoms with Crippen LogP contribution in [0.1, 0.15) is 13.8 Å². The second-order valence-electron chi connectivity index (χ2n) is 2.92. The number of nitrogens with zero attached hydrogens (tertiary/aromatic N) is 2. The highest BCUT2D eigenvalue weighted by atomic mass is 35.5. The van der Waals surface area contributed by atoms with Crippen LogP contribution in [0.2, 0.25) is 0 Å². The molecule has 2 nitrogen and oxygen atoms in total. The fraction of sp³-hybridized carbons (Fsp3) is 0.750. The Kier molecular flexibility index (Phi) is 6.75. The van der Waals surface area contributed by atoms with E-state index in [-0.39, 0.29) is 0 Å². The lowest BCUT2D eigenvalue weighted by Crippen LogP contribution is -2.48. The topological polar surface area (TPSA) is 6.48 Å². The molecule has 0 aromatic carbocycles. The summed E-state index contributed by atoms with van der Waals surface area (Å²) in [5.74, 6) is 0. The van der Waals surface area contributed by atoms with Crippen molar-refractivity contribution in [2.75, 3.05) is 27.2 Å². The van der Waals surface area contributed by atoms with E-state index >= 15 is 0 Å². The van der Waals surface area contributed by atoms with Gasteiger partial charge < -0.3 is 9.13 Å². The Labute approximate surface area is 82.6 Å². The van der Waals surface area contributed by atoms with Gasteiger partial charge in [-0.25, -0.2) is 0 Å². The molecule has 0 aliphatic rings. The molecule has 0 aliphatic heterocycles. The first-order chi connectivity index (χ1) is 5.67. The highest BCUT2D eigenvalue weighted by Gasteiger charge is 2.16. The van der Waals surface area contributed by atoms with Crippen LogP contribution in [0.3, 0.4) is 0 Å². The second kappa shape index (κ2) is 6.66. The molecular weight excluding hydrogens is 188 g/mol. The summed E-state index contributed by atoms with van der Waals surface area (Å²) in [5.41, 5.74) is 3.78. The minimum atomic E-state index is -1.07. The van der Waals surface area contributed by atoms with Gasteiger partial charge in [0.1, 0.15) is 0 Å². The average Bonchev–Trinajstić information content (AvgIpc) is 2.05. The van der Waals surface area contributed by atoms with Gasteiger partial charge in [-0.15, -0.1) is 0 Å². The Bertz CT molecular complexity index is 135. The minimum absolute atomic E-state index is 1.07. The molecular formula is C8H19ClN2Si. The van der Waals surface area contributed by atoms with Crippen molar-refractivity contribution < 1.29 is 0 Å². The maximum absolute atomic E-state index is 5.60. The minimum Gasteiger partial charge on any atom is -0.317 e. The van der Waals surface area contributed by atoms with Crippen molar-refractivity contribution in [2.45, 2.75) is 13.8 Å². The quantitative estimate of drug-likeness (QED) is 0.628. The zero-order chi connectivity index (χ0) is 9.56. The summed E-state index contributed by atoms with van der Waals surface area (Å²) in [6, 6.07) is 0. The SMILES string of the molecule is CCN(CC)[SiH](C=CCl)N(C)C. The van der Waals surface area contributed by atoms with Gasteiger partial charge in [0.05, 0.1) is 0 Å². The van der Waals surface area contributed by atoms with Gasteiger partial charge in [0.25, 0.3) is 0 Å². The first-order valence-corrected chi connectivity index (χ1v) is 6.48. The molecule has 0 amide bonds. The van der Waals surface area contributed by atoms with Crippen LogP contribution in [-0.4, -0.2) is 45.4 Å². The predicted molar refractivity (Wildman–Crippen MR) is 58.8 cm³/mol. The molecule has 12 heavy (non-hydrogen) atoms. The van der Waals surface area contributed by atoms with Crippen molar-refractivity contribution in [3.8, 4) is 0 Å². The molecule has 0 bridgehead atoms. The lowest BCUT2D eigenvalue weighted by molar-refractivity contribution is 0.433. The van der Waals surface area contributed by atoms with E-state index in [4.69, 9.17) is 11.6 Å². The van der Waals surface area contributed by atoms with Crippen LogP contribution in [0.4, 0.5) is 0 Å². The van der Waals surface area contributed by atoms with Gasteiger partial charge in [-0.05, 0) is 32.7 Å². The fourth-order valence-corrected chi connectivity index (χ4v) is 3.79. The number of hydrogen-bond donors (Lipinski definition) is 0. The summed E-state index contributed by atoms with van der Waals surface area (Å²) in [4.78, 5) is 0. The van der Waals surface area contributed by atoms with E-state index in [0.29, 0.717) is 0 Å². The fourth-order valence-electron chi connectivity index (χ4n) is 1.28. The summed E-state index contributed by atoms with van der Waals surface area (Å²) in [6.07, 6.45) is 0. The van der Waals surface area contributed by atoms with E-state index in [2.05, 4.69) is 42.8 Å². The maximum Gasteiger partial charge on any atom is 0.216 e. The molecule has 0 aliphatic carbocycles. The smallest absolute Gasteiger partial charge is 0.216 e. The zero-order valence-electron chi connectivity index (χ0n) is 8.42. The van der Waals surface area contributed by atoms with Gasteiger partial charge in [-0.1, -0.05) is 31.1 Å². The summed E-state index contributed by atoms with van der Waals surface area (Å²) in [6.45, 7) is 6.59. The molecule has 0 radical (unpaired) electrons. The van der Waals surface area contributed by atoms with Crippen molar-refractivity contribution in [2.24, 2.45) is 0 Å². The molecule has 0 saturated carbocycles. The molecule has 1 atom stereocenters. The highest BCUT2D eigenvalue weighted by molar-refractivity contribution is 6.59. The largest absolute Gasteiger partial charge is 0.317 e. The number of rotatable bonds is 5. The van der Waals surface area contributed by atoms with Crippen LogP contribution in [0.25, 0.3) is 0 Å².